The molecule has 0 atom stereocenters. The van der Waals surface area contributed by atoms with E-state index in [-0.39, 0.29) is 0 Å². The molecule has 0 radical (unpaired) electrons. The van der Waals surface area contributed by atoms with E-state index in [0.29, 0.717) is 24.2 Å². The van der Waals surface area contributed by atoms with Crippen LogP contribution < -0.4 is 0 Å². The third-order valence-corrected chi connectivity index (χ3v) is 4.01. The van der Waals surface area contributed by atoms with Gasteiger partial charge in [0, 0.05) is 19.1 Å². The van der Waals surface area contributed by atoms with Crippen molar-refractivity contribution in [3.05, 3.63) is 22.9 Å². The van der Waals surface area contributed by atoms with Crippen LogP contribution in [0.1, 0.15) is 25.5 Å². The Morgan fingerprint density at radius 3 is 2.79 bits per heavy atom. The van der Waals surface area contributed by atoms with Crippen LogP contribution in [-0.2, 0) is 17.8 Å². The summed E-state index contributed by atoms with van der Waals surface area (Å²) in [5, 5.41) is 1.17. The van der Waals surface area contributed by atoms with Crippen LogP contribution in [-0.4, -0.2) is 25.9 Å². The Morgan fingerprint density at radius 1 is 1.26 bits per heavy atom. The summed E-state index contributed by atoms with van der Waals surface area (Å²) in [6.07, 6.45) is 0.831. The molecule has 0 aliphatic heterocycles. The lowest BCUT2D eigenvalue weighted by Gasteiger charge is -2.03. The number of aromatic nitrogens is 4. The molecule has 0 aromatic carbocycles. The fraction of sp³-hybridized carbons (Fsp3) is 0.455. The zero-order valence-electron chi connectivity index (χ0n) is 10.6. The molecule has 2 aromatic heterocycles. The largest absolute Gasteiger partial charge is 0.374 e. The fourth-order valence-corrected chi connectivity index (χ4v) is 3.20. The van der Waals surface area contributed by atoms with Gasteiger partial charge in [0.25, 0.3) is 0 Å². The Hall–Kier alpha value is -0.760. The van der Waals surface area contributed by atoms with E-state index in [1.165, 1.54) is 23.3 Å². The zero-order valence-corrected chi connectivity index (χ0v) is 13.0. The minimum Gasteiger partial charge on any atom is -0.374 e. The first-order valence-corrected chi connectivity index (χ1v) is 7.79. The van der Waals surface area contributed by atoms with Crippen molar-refractivity contribution in [2.24, 2.45) is 0 Å². The summed E-state index contributed by atoms with van der Waals surface area (Å²) in [5.41, 5.74) is 0. The van der Waals surface area contributed by atoms with E-state index in [1.807, 2.05) is 13.8 Å². The van der Waals surface area contributed by atoms with Crippen LogP contribution in [0.3, 0.4) is 0 Å². The number of ether oxygens (including phenoxy) is 1. The van der Waals surface area contributed by atoms with Crippen molar-refractivity contribution in [2.45, 2.75) is 36.2 Å². The van der Waals surface area contributed by atoms with Gasteiger partial charge in [-0.2, -0.15) is 4.37 Å². The van der Waals surface area contributed by atoms with Gasteiger partial charge in [-0.05, 0) is 30.2 Å². The Bertz CT molecular complexity index is 549. The van der Waals surface area contributed by atoms with Crippen LogP contribution in [0, 0.1) is 0 Å². The van der Waals surface area contributed by atoms with Gasteiger partial charge >= 0.3 is 0 Å². The van der Waals surface area contributed by atoms with Crippen molar-refractivity contribution in [3.63, 3.8) is 0 Å². The predicted molar refractivity (Wildman–Crippen MR) is 75.8 cm³/mol. The van der Waals surface area contributed by atoms with E-state index in [4.69, 9.17) is 16.3 Å². The molecule has 0 unspecified atom stereocenters. The minimum atomic E-state index is 0.362. The molecular weight excluding hydrogens is 304 g/mol. The van der Waals surface area contributed by atoms with Crippen LogP contribution in [0.2, 0.25) is 5.15 Å². The SMILES string of the molecule is CCOCc1nc(Cl)cc(Sc2nc(CC)ns2)n1. The van der Waals surface area contributed by atoms with Gasteiger partial charge < -0.3 is 4.74 Å². The molecule has 0 spiro atoms. The van der Waals surface area contributed by atoms with Crippen LogP contribution in [0.15, 0.2) is 15.4 Å². The van der Waals surface area contributed by atoms with Crippen LogP contribution in [0.5, 0.6) is 0 Å². The highest BCUT2D eigenvalue weighted by Gasteiger charge is 2.09. The van der Waals surface area contributed by atoms with Gasteiger partial charge in [0.05, 0.1) is 0 Å². The molecule has 2 aromatic rings. The smallest absolute Gasteiger partial charge is 0.176 e. The van der Waals surface area contributed by atoms with Gasteiger partial charge in [-0.1, -0.05) is 18.5 Å². The highest BCUT2D eigenvalue weighted by Crippen LogP contribution is 2.28. The van der Waals surface area contributed by atoms with Crippen LogP contribution in [0.25, 0.3) is 0 Å². The summed E-state index contributed by atoms with van der Waals surface area (Å²) in [5.74, 6) is 1.43. The second kappa shape index (κ2) is 7.14. The first-order valence-electron chi connectivity index (χ1n) is 5.83. The van der Waals surface area contributed by atoms with E-state index >= 15 is 0 Å². The van der Waals surface area contributed by atoms with Crippen molar-refractivity contribution in [1.82, 2.24) is 19.3 Å². The van der Waals surface area contributed by atoms with Gasteiger partial charge in [0.1, 0.15) is 22.6 Å². The lowest BCUT2D eigenvalue weighted by Crippen LogP contribution is -2.00. The van der Waals surface area contributed by atoms with E-state index in [2.05, 4.69) is 19.3 Å². The molecule has 19 heavy (non-hydrogen) atoms. The van der Waals surface area contributed by atoms with E-state index in [9.17, 15) is 0 Å². The van der Waals surface area contributed by atoms with E-state index < -0.39 is 0 Å². The topological polar surface area (TPSA) is 60.8 Å². The quantitative estimate of drug-likeness (QED) is 0.762. The average molecular weight is 317 g/mol. The number of rotatable bonds is 6. The number of hydrogen-bond acceptors (Lipinski definition) is 7. The molecule has 102 valence electrons. The summed E-state index contributed by atoms with van der Waals surface area (Å²) in [4.78, 5) is 12.9. The van der Waals surface area contributed by atoms with Gasteiger partial charge in [-0.25, -0.2) is 15.0 Å². The molecule has 0 aliphatic carbocycles. The van der Waals surface area contributed by atoms with E-state index in [1.54, 1.807) is 6.07 Å². The molecule has 5 nitrogen and oxygen atoms in total. The first-order chi connectivity index (χ1) is 9.21. The standard InChI is InChI=1S/C11H13ClN4OS2/c1-3-8-15-11(19-16-8)18-10-5-7(12)13-9(14-10)6-17-4-2/h5H,3-4,6H2,1-2H3. The lowest BCUT2D eigenvalue weighted by molar-refractivity contribution is 0.128. The van der Waals surface area contributed by atoms with Crippen molar-refractivity contribution in [2.75, 3.05) is 6.61 Å². The molecule has 0 fully saturated rings. The summed E-state index contributed by atoms with van der Waals surface area (Å²) < 4.78 is 10.4. The summed E-state index contributed by atoms with van der Waals surface area (Å²) in [6, 6.07) is 1.72. The van der Waals surface area contributed by atoms with Gasteiger partial charge in [-0.15, -0.1) is 0 Å². The van der Waals surface area contributed by atoms with Crippen molar-refractivity contribution in [3.8, 4) is 0 Å². The van der Waals surface area contributed by atoms with Crippen LogP contribution >= 0.6 is 34.9 Å². The molecule has 0 bridgehead atoms. The monoisotopic (exact) mass is 316 g/mol. The second-order valence-electron chi connectivity index (χ2n) is 3.51. The minimum absolute atomic E-state index is 0.362. The maximum atomic E-state index is 5.98. The molecule has 0 saturated heterocycles. The highest BCUT2D eigenvalue weighted by atomic mass is 35.5. The molecular formula is C11H13ClN4OS2. The average Bonchev–Trinajstić information content (AvgIpc) is 2.83. The van der Waals surface area contributed by atoms with Gasteiger partial charge in [0.2, 0.25) is 0 Å². The van der Waals surface area contributed by atoms with Gasteiger partial charge in [-0.3, -0.25) is 0 Å². The number of halogens is 1. The van der Waals surface area contributed by atoms with Gasteiger partial charge in [0.15, 0.2) is 10.2 Å². The third kappa shape index (κ3) is 4.38. The first kappa shape index (κ1) is 14.6. The number of hydrogen-bond donors (Lipinski definition) is 0. The third-order valence-electron chi connectivity index (χ3n) is 2.11. The zero-order chi connectivity index (χ0) is 13.7. The number of nitrogens with zero attached hydrogens (tertiary/aromatic N) is 4. The Kier molecular flexibility index (Phi) is 5.50. The molecule has 2 rings (SSSR count). The van der Waals surface area contributed by atoms with Crippen molar-refractivity contribution >= 4 is 34.9 Å². The predicted octanol–water partition coefficient (Wildman–Crippen LogP) is 3.23. The second-order valence-corrected chi connectivity index (χ2v) is 5.92. The molecule has 0 amide bonds. The maximum absolute atomic E-state index is 5.98. The van der Waals surface area contributed by atoms with Crippen molar-refractivity contribution in [1.29, 1.82) is 0 Å². The Balaban J connectivity index is 2.12. The molecule has 2 heterocycles. The van der Waals surface area contributed by atoms with Crippen molar-refractivity contribution < 1.29 is 4.74 Å². The fourth-order valence-electron chi connectivity index (χ4n) is 1.26. The lowest BCUT2D eigenvalue weighted by atomic mass is 10.5. The Labute approximate surface area is 125 Å². The van der Waals surface area contributed by atoms with E-state index in [0.717, 1.165) is 21.6 Å². The summed E-state index contributed by atoms with van der Waals surface area (Å²) in [7, 11) is 0. The molecule has 0 aliphatic rings. The normalized spacial score (nSPS) is 10.9. The molecule has 0 N–H and O–H groups in total. The maximum Gasteiger partial charge on any atom is 0.176 e. The Morgan fingerprint density at radius 2 is 2.11 bits per heavy atom. The summed E-state index contributed by atoms with van der Waals surface area (Å²) in [6.45, 7) is 4.93. The number of aryl methyl sites for hydroxylation is 1. The molecule has 0 saturated carbocycles. The van der Waals surface area contributed by atoms with Crippen LogP contribution in [0.4, 0.5) is 0 Å². The summed E-state index contributed by atoms with van der Waals surface area (Å²) >= 11 is 8.78. The molecule has 8 heteroatoms. The highest BCUT2D eigenvalue weighted by molar-refractivity contribution is 8.00.